The number of oxazole rings is 1. The molecule has 1 saturated carbocycles. The fraction of sp³-hybridized carbons (Fsp3) is 0.500. The van der Waals surface area contributed by atoms with Gasteiger partial charge in [0.1, 0.15) is 0 Å². The highest BCUT2D eigenvalue weighted by atomic mass is 16.4. The van der Waals surface area contributed by atoms with E-state index in [0.29, 0.717) is 11.6 Å². The van der Waals surface area contributed by atoms with E-state index >= 15 is 0 Å². The minimum absolute atomic E-state index is 0.383. The van der Waals surface area contributed by atoms with Crippen LogP contribution in [0.2, 0.25) is 0 Å². The van der Waals surface area contributed by atoms with E-state index in [9.17, 15) is 4.79 Å². The molecule has 2 N–H and O–H groups in total. The second kappa shape index (κ2) is 4.98. The third-order valence-corrected chi connectivity index (χ3v) is 3.69. The molecular formula is C14H18N2O2. The summed E-state index contributed by atoms with van der Waals surface area (Å²) < 4.78 is 5.06. The van der Waals surface area contributed by atoms with Crippen LogP contribution in [-0.4, -0.2) is 17.6 Å². The van der Waals surface area contributed by atoms with Gasteiger partial charge in [-0.15, -0.1) is 0 Å². The quantitative estimate of drug-likeness (QED) is 0.869. The molecule has 1 fully saturated rings. The summed E-state index contributed by atoms with van der Waals surface area (Å²) >= 11 is 0. The third-order valence-electron chi connectivity index (χ3n) is 3.69. The highest BCUT2D eigenvalue weighted by Crippen LogP contribution is 2.17. The Morgan fingerprint density at radius 2 is 2.17 bits per heavy atom. The first-order chi connectivity index (χ1) is 8.81. The van der Waals surface area contributed by atoms with Crippen LogP contribution in [0.3, 0.4) is 0 Å². The summed E-state index contributed by atoms with van der Waals surface area (Å²) in [6.07, 6.45) is 6.31. The highest BCUT2D eigenvalue weighted by molar-refractivity contribution is 5.72. The lowest BCUT2D eigenvalue weighted by molar-refractivity contribution is 0.527. The average molecular weight is 246 g/mol. The van der Waals surface area contributed by atoms with Crippen molar-refractivity contribution in [2.45, 2.75) is 38.1 Å². The molecule has 18 heavy (non-hydrogen) atoms. The van der Waals surface area contributed by atoms with Gasteiger partial charge in [-0.25, -0.2) is 4.79 Å². The van der Waals surface area contributed by atoms with Crippen molar-refractivity contribution in [3.63, 3.8) is 0 Å². The molecule has 4 nitrogen and oxygen atoms in total. The maximum atomic E-state index is 11.1. The molecule has 0 bridgehead atoms. The van der Waals surface area contributed by atoms with E-state index in [4.69, 9.17) is 4.42 Å². The minimum Gasteiger partial charge on any atom is -0.408 e. The summed E-state index contributed by atoms with van der Waals surface area (Å²) in [6.45, 7) is 0.991. The van der Waals surface area contributed by atoms with Crippen molar-refractivity contribution in [3.8, 4) is 0 Å². The fourth-order valence-corrected chi connectivity index (χ4v) is 2.70. The van der Waals surface area contributed by atoms with Gasteiger partial charge in [-0.2, -0.15) is 0 Å². The van der Waals surface area contributed by atoms with Crippen LogP contribution in [0.25, 0.3) is 11.1 Å². The first kappa shape index (κ1) is 11.5. The van der Waals surface area contributed by atoms with E-state index in [1.807, 2.05) is 18.2 Å². The Bertz CT molecular complexity index is 579. The van der Waals surface area contributed by atoms with Gasteiger partial charge >= 0.3 is 5.76 Å². The van der Waals surface area contributed by atoms with Gasteiger partial charge in [0.05, 0.1) is 5.52 Å². The molecule has 2 aromatic rings. The van der Waals surface area contributed by atoms with Crippen molar-refractivity contribution in [1.29, 1.82) is 0 Å². The van der Waals surface area contributed by atoms with Crippen LogP contribution in [0.1, 0.15) is 31.2 Å². The summed E-state index contributed by atoms with van der Waals surface area (Å²) in [4.78, 5) is 13.7. The van der Waals surface area contributed by atoms with Crippen molar-refractivity contribution >= 4 is 11.1 Å². The molecule has 0 unspecified atom stereocenters. The average Bonchev–Trinajstić information content (AvgIpc) is 2.96. The maximum absolute atomic E-state index is 11.1. The standard InChI is InChI=1S/C14H18N2O2/c17-14-16-12-6-5-10(9-13(12)18-14)7-8-15-11-3-1-2-4-11/h5-6,9,11,15H,1-4,7-8H2,(H,16,17). The van der Waals surface area contributed by atoms with Crippen LogP contribution in [0.5, 0.6) is 0 Å². The lowest BCUT2D eigenvalue weighted by Gasteiger charge is -2.11. The number of rotatable bonds is 4. The largest absolute Gasteiger partial charge is 0.417 e. The Morgan fingerprint density at radius 3 is 3.00 bits per heavy atom. The monoisotopic (exact) mass is 246 g/mol. The fourth-order valence-electron chi connectivity index (χ4n) is 2.70. The highest BCUT2D eigenvalue weighted by Gasteiger charge is 2.13. The number of benzene rings is 1. The predicted octanol–water partition coefficient (Wildman–Crippen LogP) is 2.20. The van der Waals surface area contributed by atoms with Crippen LogP contribution in [0.4, 0.5) is 0 Å². The van der Waals surface area contributed by atoms with Crippen LogP contribution in [0.15, 0.2) is 27.4 Å². The Morgan fingerprint density at radius 1 is 1.33 bits per heavy atom. The smallest absolute Gasteiger partial charge is 0.408 e. The zero-order valence-electron chi connectivity index (χ0n) is 10.4. The molecule has 1 aliphatic carbocycles. The van der Waals surface area contributed by atoms with E-state index in [-0.39, 0.29) is 5.76 Å². The van der Waals surface area contributed by atoms with E-state index in [2.05, 4.69) is 10.3 Å². The molecule has 1 aromatic heterocycles. The molecule has 0 spiro atoms. The van der Waals surface area contributed by atoms with Crippen molar-refractivity contribution in [3.05, 3.63) is 34.3 Å². The van der Waals surface area contributed by atoms with Crippen LogP contribution in [0, 0.1) is 0 Å². The van der Waals surface area contributed by atoms with Crippen LogP contribution < -0.4 is 11.1 Å². The van der Waals surface area contributed by atoms with Crippen molar-refractivity contribution in [2.24, 2.45) is 0 Å². The van der Waals surface area contributed by atoms with Crippen molar-refractivity contribution < 1.29 is 4.42 Å². The second-order valence-electron chi connectivity index (χ2n) is 5.03. The molecule has 0 amide bonds. The third kappa shape index (κ3) is 2.48. The molecule has 96 valence electrons. The van der Waals surface area contributed by atoms with Gasteiger partial charge in [0, 0.05) is 6.04 Å². The van der Waals surface area contributed by atoms with Gasteiger partial charge in [0.2, 0.25) is 0 Å². The van der Waals surface area contributed by atoms with E-state index in [0.717, 1.165) is 18.5 Å². The minimum atomic E-state index is -0.383. The van der Waals surface area contributed by atoms with E-state index in [1.165, 1.54) is 31.2 Å². The number of aromatic nitrogens is 1. The molecule has 3 rings (SSSR count). The lowest BCUT2D eigenvalue weighted by atomic mass is 10.1. The molecule has 0 aliphatic heterocycles. The summed E-state index contributed by atoms with van der Waals surface area (Å²) in [6, 6.07) is 6.61. The second-order valence-corrected chi connectivity index (χ2v) is 5.03. The number of H-pyrrole nitrogens is 1. The Kier molecular flexibility index (Phi) is 3.19. The SMILES string of the molecule is O=c1[nH]c2ccc(CCNC3CCCC3)cc2o1. The zero-order valence-corrected chi connectivity index (χ0v) is 10.4. The molecule has 0 saturated heterocycles. The summed E-state index contributed by atoms with van der Waals surface area (Å²) in [5, 5.41) is 3.58. The molecular weight excluding hydrogens is 228 g/mol. The Hall–Kier alpha value is -1.55. The normalized spacial score (nSPS) is 16.7. The van der Waals surface area contributed by atoms with E-state index < -0.39 is 0 Å². The van der Waals surface area contributed by atoms with Gasteiger partial charge in [-0.3, -0.25) is 4.98 Å². The maximum Gasteiger partial charge on any atom is 0.417 e. The van der Waals surface area contributed by atoms with Crippen LogP contribution in [-0.2, 0) is 6.42 Å². The van der Waals surface area contributed by atoms with Gasteiger partial charge in [0.25, 0.3) is 0 Å². The first-order valence-corrected chi connectivity index (χ1v) is 6.66. The molecule has 4 heteroatoms. The number of aromatic amines is 1. The van der Waals surface area contributed by atoms with Crippen molar-refractivity contribution in [1.82, 2.24) is 10.3 Å². The number of hydrogen-bond donors (Lipinski definition) is 2. The van der Waals surface area contributed by atoms with Gasteiger partial charge < -0.3 is 9.73 Å². The number of nitrogens with one attached hydrogen (secondary N) is 2. The molecule has 1 heterocycles. The van der Waals surface area contributed by atoms with Crippen LogP contribution >= 0.6 is 0 Å². The zero-order chi connectivity index (χ0) is 12.4. The Balaban J connectivity index is 1.61. The van der Waals surface area contributed by atoms with Gasteiger partial charge in [-0.1, -0.05) is 18.9 Å². The summed E-state index contributed by atoms with van der Waals surface area (Å²) in [5.74, 6) is -0.383. The lowest BCUT2D eigenvalue weighted by Crippen LogP contribution is -2.27. The van der Waals surface area contributed by atoms with E-state index in [1.54, 1.807) is 0 Å². The molecule has 1 aliphatic rings. The number of fused-ring (bicyclic) bond motifs is 1. The topological polar surface area (TPSA) is 58.0 Å². The van der Waals surface area contributed by atoms with Gasteiger partial charge in [-0.05, 0) is 43.5 Å². The van der Waals surface area contributed by atoms with Gasteiger partial charge in [0.15, 0.2) is 5.58 Å². The first-order valence-electron chi connectivity index (χ1n) is 6.66. The molecule has 0 atom stereocenters. The Labute approximate surface area is 105 Å². The predicted molar refractivity (Wildman–Crippen MR) is 70.8 cm³/mol. The molecule has 1 aromatic carbocycles. The summed E-state index contributed by atoms with van der Waals surface area (Å²) in [5.41, 5.74) is 2.63. The van der Waals surface area contributed by atoms with Crippen molar-refractivity contribution in [2.75, 3.05) is 6.54 Å². The summed E-state index contributed by atoms with van der Waals surface area (Å²) in [7, 11) is 0. The number of hydrogen-bond acceptors (Lipinski definition) is 3. The molecule has 0 radical (unpaired) electrons.